The van der Waals surface area contributed by atoms with E-state index in [0.717, 1.165) is 0 Å². The number of hydrogen-bond donors (Lipinski definition) is 0. The molecule has 10 heavy (non-hydrogen) atoms. The molecule has 0 aromatic carbocycles. The van der Waals surface area contributed by atoms with Gasteiger partial charge in [-0.2, -0.15) is 8.78 Å². The van der Waals surface area contributed by atoms with Crippen molar-refractivity contribution in [3.05, 3.63) is 0 Å². The Morgan fingerprint density at radius 1 is 1.00 bits per heavy atom. The second-order valence-electron chi connectivity index (χ2n) is 1.42. The minimum Gasteiger partial charge on any atom is -0.191 e. The van der Waals surface area contributed by atoms with Crippen molar-refractivity contribution in [1.82, 2.24) is 0 Å². The monoisotopic (exact) mass is 470 g/mol. The summed E-state index contributed by atoms with van der Waals surface area (Å²) in [5, 5.41) is 0. The molecule has 62 valence electrons. The van der Waals surface area contributed by atoms with Gasteiger partial charge in [0, 0.05) is 0 Å². The van der Waals surface area contributed by atoms with Crippen LogP contribution in [0.25, 0.3) is 0 Å². The van der Waals surface area contributed by atoms with Gasteiger partial charge in [-0.05, 0) is 15.9 Å². The molecule has 0 atom stereocenters. The Kier molecular flexibility index (Phi) is 4.88. The fourth-order valence-corrected chi connectivity index (χ4v) is 1.54. The summed E-state index contributed by atoms with van der Waals surface area (Å²) in [6.45, 7) is 0. The van der Waals surface area contributed by atoms with Crippen LogP contribution in [0.1, 0.15) is 0 Å². The van der Waals surface area contributed by atoms with Crippen LogP contribution in [0.3, 0.4) is 0 Å². The minimum absolute atomic E-state index is 0.582. The molecule has 0 unspecified atom stereocenters. The van der Waals surface area contributed by atoms with Gasteiger partial charge in [0.1, 0.15) is 3.74 Å². The van der Waals surface area contributed by atoms with E-state index in [0.29, 0.717) is 0 Å². The average Bonchev–Trinajstić information content (AvgIpc) is 1.62. The summed E-state index contributed by atoms with van der Waals surface area (Å²) in [5.41, 5.74) is 0. The van der Waals surface area contributed by atoms with Crippen LogP contribution >= 0.6 is 79.6 Å². The lowest BCUT2D eigenvalue weighted by molar-refractivity contribution is 0.111. The standard InChI is InChI=1S/C3HBr5F2/c4-1(5)2(6,7)3(8,9)10/h1H. The molecule has 0 rings (SSSR count). The molecule has 7 heteroatoms. The maximum absolute atomic E-state index is 12.5. The summed E-state index contributed by atoms with van der Waals surface area (Å²) < 4.78 is 22.9. The van der Waals surface area contributed by atoms with Crippen molar-refractivity contribution in [3.63, 3.8) is 0 Å². The second-order valence-corrected chi connectivity index (χ2v) is 9.04. The van der Waals surface area contributed by atoms with E-state index in [4.69, 9.17) is 0 Å². The molecule has 0 amide bonds. The lowest BCUT2D eigenvalue weighted by Crippen LogP contribution is -2.36. The number of rotatable bonds is 2. The fraction of sp³-hybridized carbons (Fsp3) is 1.00. The van der Waals surface area contributed by atoms with Crippen molar-refractivity contribution in [2.75, 3.05) is 0 Å². The van der Waals surface area contributed by atoms with Gasteiger partial charge < -0.3 is 0 Å². The van der Waals surface area contributed by atoms with Gasteiger partial charge in [0.05, 0.1) is 0 Å². The normalized spacial score (nSPS) is 14.4. The minimum atomic E-state index is -3.03. The molecule has 0 radical (unpaired) electrons. The summed E-state index contributed by atoms with van der Waals surface area (Å²) >= 11 is 13.7. The molecule has 0 aliphatic rings. The maximum atomic E-state index is 12.5. The maximum Gasteiger partial charge on any atom is 0.327 e. The molecule has 0 aliphatic heterocycles. The summed E-state index contributed by atoms with van der Waals surface area (Å²) in [6.07, 6.45) is 0. The van der Waals surface area contributed by atoms with Crippen LogP contribution < -0.4 is 0 Å². The summed E-state index contributed by atoms with van der Waals surface area (Å²) in [7, 11) is 0. The Morgan fingerprint density at radius 3 is 1.30 bits per heavy atom. The van der Waals surface area contributed by atoms with E-state index in [1.807, 2.05) is 0 Å². The molecule has 0 saturated heterocycles. The molecule has 0 aliphatic carbocycles. The van der Waals surface area contributed by atoms with E-state index >= 15 is 0 Å². The number of halogens is 7. The highest BCUT2D eigenvalue weighted by Crippen LogP contribution is 2.52. The Hall–Kier alpha value is 2.26. The third-order valence-corrected chi connectivity index (χ3v) is 8.08. The third-order valence-electron chi connectivity index (χ3n) is 0.652. The SMILES string of the molecule is FC(F)(Br)C(Br)(Br)C(Br)Br. The van der Waals surface area contributed by atoms with Crippen LogP contribution in [0.2, 0.25) is 0 Å². The lowest BCUT2D eigenvalue weighted by atomic mass is 10.5. The first-order valence-corrected chi connectivity index (χ1v) is 6.13. The van der Waals surface area contributed by atoms with Gasteiger partial charge in [0.25, 0.3) is 0 Å². The van der Waals surface area contributed by atoms with E-state index in [2.05, 4.69) is 79.6 Å². The zero-order chi connectivity index (χ0) is 8.58. The molecule has 0 aromatic rings. The Morgan fingerprint density at radius 2 is 1.30 bits per heavy atom. The van der Waals surface area contributed by atoms with Crippen LogP contribution in [0.4, 0.5) is 8.78 Å². The van der Waals surface area contributed by atoms with Gasteiger partial charge in [0.2, 0.25) is 0 Å². The molecular formula is C3HBr5F2. The fourth-order valence-electron chi connectivity index (χ4n) is 0.124. The highest BCUT2D eigenvalue weighted by Gasteiger charge is 2.52. The van der Waals surface area contributed by atoms with E-state index in [1.54, 1.807) is 0 Å². The smallest absolute Gasteiger partial charge is 0.191 e. The first-order valence-electron chi connectivity index (χ1n) is 1.92. The highest BCUT2D eigenvalue weighted by molar-refractivity contribution is 9.30. The van der Waals surface area contributed by atoms with Crippen molar-refractivity contribution in [2.24, 2.45) is 0 Å². The highest BCUT2D eigenvalue weighted by atomic mass is 79.9. The van der Waals surface area contributed by atoms with Crippen LogP contribution in [0, 0.1) is 0 Å². The van der Waals surface area contributed by atoms with E-state index in [-0.39, 0.29) is 0 Å². The van der Waals surface area contributed by atoms with E-state index < -0.39 is 11.8 Å². The van der Waals surface area contributed by atoms with E-state index in [9.17, 15) is 8.78 Å². The summed E-state index contributed by atoms with van der Waals surface area (Å²) in [6, 6.07) is 0. The second kappa shape index (κ2) is 3.98. The summed E-state index contributed by atoms with van der Waals surface area (Å²) in [5.74, 6) is 0. The molecule has 0 N–H and O–H groups in total. The molecule has 0 nitrogen and oxygen atoms in total. The zero-order valence-corrected chi connectivity index (χ0v) is 12.2. The first kappa shape index (κ1) is 12.3. The van der Waals surface area contributed by atoms with Crippen LogP contribution in [0.5, 0.6) is 0 Å². The van der Waals surface area contributed by atoms with Gasteiger partial charge in [-0.3, -0.25) is 0 Å². The predicted octanol–water partition coefficient (Wildman–Crippen LogP) is 4.58. The van der Waals surface area contributed by atoms with Crippen LogP contribution in [0.15, 0.2) is 0 Å². The molecule has 0 fully saturated rings. The predicted molar refractivity (Wildman–Crippen MR) is 56.1 cm³/mol. The molecule has 0 bridgehead atoms. The first-order chi connectivity index (χ1) is 4.19. The van der Waals surface area contributed by atoms with Crippen molar-refractivity contribution < 1.29 is 8.78 Å². The zero-order valence-electron chi connectivity index (χ0n) is 4.22. The number of hydrogen-bond acceptors (Lipinski definition) is 0. The Balaban J connectivity index is 4.40. The molecule has 0 aromatic heterocycles. The summed E-state index contributed by atoms with van der Waals surface area (Å²) in [4.78, 5) is -3.03. The van der Waals surface area contributed by atoms with Crippen molar-refractivity contribution in [3.8, 4) is 0 Å². The Labute approximate surface area is 99.1 Å². The third kappa shape index (κ3) is 2.95. The van der Waals surface area contributed by atoms with Crippen LogP contribution in [-0.2, 0) is 0 Å². The van der Waals surface area contributed by atoms with Gasteiger partial charge in [0.15, 0.2) is 3.23 Å². The molecule has 0 spiro atoms. The topological polar surface area (TPSA) is 0 Å². The molecule has 0 heterocycles. The largest absolute Gasteiger partial charge is 0.327 e. The Bertz CT molecular complexity index is 117. The van der Waals surface area contributed by atoms with E-state index in [1.165, 1.54) is 0 Å². The molecule has 0 saturated carbocycles. The van der Waals surface area contributed by atoms with Crippen molar-refractivity contribution in [2.45, 2.75) is 11.8 Å². The van der Waals surface area contributed by atoms with Gasteiger partial charge in [-0.1, -0.05) is 63.7 Å². The van der Waals surface area contributed by atoms with Crippen molar-refractivity contribution in [1.29, 1.82) is 0 Å². The van der Waals surface area contributed by atoms with Crippen molar-refractivity contribution >= 4 is 79.6 Å². The lowest BCUT2D eigenvalue weighted by Gasteiger charge is -2.26. The van der Waals surface area contributed by atoms with Gasteiger partial charge in [-0.25, -0.2) is 0 Å². The quantitative estimate of drug-likeness (QED) is 0.514. The van der Waals surface area contributed by atoms with Crippen LogP contribution in [-0.4, -0.2) is 11.8 Å². The number of alkyl halides is 7. The van der Waals surface area contributed by atoms with Gasteiger partial charge >= 0.3 is 4.83 Å². The average molecular weight is 475 g/mol. The van der Waals surface area contributed by atoms with Gasteiger partial charge in [-0.15, -0.1) is 0 Å². The molecular weight excluding hydrogens is 474 g/mol.